The molecule has 0 unspecified atom stereocenters. The van der Waals surface area contributed by atoms with Crippen LogP contribution in [0.3, 0.4) is 0 Å². The number of unbranched alkanes of at least 4 members (excludes halogenated alkanes) is 3. The van der Waals surface area contributed by atoms with E-state index >= 15 is 0 Å². The van der Waals surface area contributed by atoms with Crippen LogP contribution in [0.4, 0.5) is 18.8 Å². The summed E-state index contributed by atoms with van der Waals surface area (Å²) in [5.41, 5.74) is 5.27. The van der Waals surface area contributed by atoms with E-state index in [1.54, 1.807) is 0 Å². The molecule has 0 rings (SSSR count). The fraction of sp³-hybridized carbons (Fsp3) is 1.00. The molecule has 0 aromatic rings. The summed E-state index contributed by atoms with van der Waals surface area (Å²) in [5, 5.41) is 0. The lowest BCUT2D eigenvalue weighted by molar-refractivity contribution is 0.674. The smallest absolute Gasteiger partial charge is 0.0814 e. The summed E-state index contributed by atoms with van der Waals surface area (Å²) in [5.74, 6) is 0. The quantitative estimate of drug-likeness (QED) is 0.403. The van der Waals surface area contributed by atoms with Crippen molar-refractivity contribution in [3.63, 3.8) is 0 Å². The van der Waals surface area contributed by atoms with Crippen molar-refractivity contribution < 1.29 is 18.8 Å². The molecule has 0 bridgehead atoms. The third-order valence-corrected chi connectivity index (χ3v) is 1.06. The normalized spacial score (nSPS) is 5.50. The molecular formula is C6H22BF4N. The predicted molar refractivity (Wildman–Crippen MR) is 53.1 cm³/mol. The molecule has 0 atom stereocenters. The van der Waals surface area contributed by atoms with Gasteiger partial charge in [0.05, 0.1) is 8.41 Å². The maximum atomic E-state index is 5.27. The average molecular weight is 195 g/mol. The average Bonchev–Trinajstić information content (AvgIpc) is 1.69. The lowest BCUT2D eigenvalue weighted by Crippen LogP contribution is -1.97. The van der Waals surface area contributed by atoms with Crippen LogP contribution in [-0.2, 0) is 0 Å². The fourth-order valence-corrected chi connectivity index (χ4v) is 0.571. The third kappa shape index (κ3) is 53.1. The van der Waals surface area contributed by atoms with E-state index in [9.17, 15) is 0 Å². The van der Waals surface area contributed by atoms with Gasteiger partial charge in [0.2, 0.25) is 0 Å². The van der Waals surface area contributed by atoms with Gasteiger partial charge in [0.25, 0.3) is 0 Å². The fourth-order valence-electron chi connectivity index (χ4n) is 0.571. The van der Waals surface area contributed by atoms with Gasteiger partial charge in [-0.05, 0) is 13.0 Å². The van der Waals surface area contributed by atoms with Crippen LogP contribution in [0.15, 0.2) is 0 Å². The first-order valence-corrected chi connectivity index (χ1v) is 3.12. The predicted octanol–water partition coefficient (Wildman–Crippen LogP) is 0.951. The highest BCUT2D eigenvalue weighted by Crippen LogP contribution is 1.95. The maximum Gasteiger partial charge on any atom is 0.0814 e. The Morgan fingerprint density at radius 3 is 1.50 bits per heavy atom. The minimum Gasteiger partial charge on any atom is -0.330 e. The van der Waals surface area contributed by atoms with E-state index in [-0.39, 0.29) is 27.2 Å². The van der Waals surface area contributed by atoms with Gasteiger partial charge >= 0.3 is 0 Å². The van der Waals surface area contributed by atoms with Crippen LogP contribution < -0.4 is 5.73 Å². The van der Waals surface area contributed by atoms with E-state index in [4.69, 9.17) is 5.73 Å². The molecule has 0 saturated carbocycles. The molecule has 0 aliphatic heterocycles. The molecule has 2 N–H and O–H groups in total. The van der Waals surface area contributed by atoms with Crippen molar-refractivity contribution in [2.75, 3.05) is 6.54 Å². The standard InChI is InChI=1S/C6H15N.BH3.4FH/c1-2-3-4-5-6-7;;;;;/h2-7H2,1H3;1H3;4*1H. The number of hydrogen-bond donors (Lipinski definition) is 1. The molecule has 0 heterocycles. The zero-order valence-electron chi connectivity index (χ0n) is 6.75. The van der Waals surface area contributed by atoms with E-state index < -0.39 is 0 Å². The number of rotatable bonds is 4. The van der Waals surface area contributed by atoms with Gasteiger partial charge in [-0.3, -0.25) is 18.8 Å². The van der Waals surface area contributed by atoms with E-state index in [2.05, 4.69) is 6.92 Å². The van der Waals surface area contributed by atoms with Gasteiger partial charge in [0.15, 0.2) is 0 Å². The summed E-state index contributed by atoms with van der Waals surface area (Å²) in [4.78, 5) is 0. The Hall–Kier alpha value is -0.255. The summed E-state index contributed by atoms with van der Waals surface area (Å²) in [6.45, 7) is 3.07. The molecule has 0 aliphatic carbocycles. The Morgan fingerprint density at radius 2 is 1.25 bits per heavy atom. The van der Waals surface area contributed by atoms with Gasteiger partial charge < -0.3 is 5.73 Å². The second-order valence-corrected chi connectivity index (χ2v) is 1.85. The van der Waals surface area contributed by atoms with Crippen molar-refractivity contribution in [1.82, 2.24) is 0 Å². The molecule has 0 aromatic heterocycles. The first-order valence-electron chi connectivity index (χ1n) is 3.12. The van der Waals surface area contributed by atoms with Crippen molar-refractivity contribution in [1.29, 1.82) is 0 Å². The number of halogens is 4. The molecule has 0 spiro atoms. The van der Waals surface area contributed by atoms with E-state index in [0.29, 0.717) is 0 Å². The Morgan fingerprint density at radius 1 is 0.833 bits per heavy atom. The molecule has 82 valence electrons. The highest BCUT2D eigenvalue weighted by Gasteiger charge is 1.80. The van der Waals surface area contributed by atoms with Crippen LogP contribution in [0.2, 0.25) is 0 Å². The third-order valence-electron chi connectivity index (χ3n) is 1.06. The van der Waals surface area contributed by atoms with Gasteiger partial charge in [-0.25, -0.2) is 0 Å². The Balaban J connectivity index is -0.0000000180. The summed E-state index contributed by atoms with van der Waals surface area (Å²) < 4.78 is 0. The molecule has 0 aliphatic rings. The highest BCUT2D eigenvalue weighted by atomic mass is 19.0. The van der Waals surface area contributed by atoms with Crippen LogP contribution in [0.5, 0.6) is 0 Å². The van der Waals surface area contributed by atoms with E-state index in [1.807, 2.05) is 0 Å². The second kappa shape index (κ2) is 45.3. The van der Waals surface area contributed by atoms with E-state index in [1.165, 1.54) is 25.7 Å². The van der Waals surface area contributed by atoms with Gasteiger partial charge in [0, 0.05) is 0 Å². The number of nitrogens with two attached hydrogens (primary N) is 1. The molecule has 0 saturated heterocycles. The molecule has 0 radical (unpaired) electrons. The molecule has 0 fully saturated rings. The molecule has 6 heteroatoms. The summed E-state index contributed by atoms with van der Waals surface area (Å²) in [7, 11) is 0. The monoisotopic (exact) mass is 195 g/mol. The highest BCUT2D eigenvalue weighted by molar-refractivity contribution is 5.75. The van der Waals surface area contributed by atoms with Crippen molar-refractivity contribution >= 4 is 8.41 Å². The first kappa shape index (κ1) is 41.1. The van der Waals surface area contributed by atoms with E-state index in [0.717, 1.165) is 6.54 Å². The van der Waals surface area contributed by atoms with Crippen LogP contribution in [0, 0.1) is 0 Å². The molecule has 0 amide bonds. The maximum absolute atomic E-state index is 5.27. The summed E-state index contributed by atoms with van der Waals surface area (Å²) >= 11 is 0. The molecular weight excluding hydrogens is 173 g/mol. The Bertz CT molecular complexity index is 38.7. The second-order valence-electron chi connectivity index (χ2n) is 1.85. The molecule has 0 aromatic carbocycles. The summed E-state index contributed by atoms with van der Waals surface area (Å²) in [6, 6.07) is 0. The number of hydrogen-bond acceptors (Lipinski definition) is 1. The Kier molecular flexibility index (Phi) is 155. The van der Waals surface area contributed by atoms with Crippen LogP contribution in [0.1, 0.15) is 32.6 Å². The Labute approximate surface area is 73.1 Å². The van der Waals surface area contributed by atoms with Crippen molar-refractivity contribution in [3.05, 3.63) is 0 Å². The van der Waals surface area contributed by atoms with Gasteiger partial charge in [-0.15, -0.1) is 0 Å². The summed E-state index contributed by atoms with van der Waals surface area (Å²) in [6.07, 6.45) is 5.16. The van der Waals surface area contributed by atoms with Gasteiger partial charge in [-0.1, -0.05) is 26.2 Å². The van der Waals surface area contributed by atoms with Gasteiger partial charge in [-0.2, -0.15) is 0 Å². The van der Waals surface area contributed by atoms with Crippen LogP contribution >= 0.6 is 0 Å². The van der Waals surface area contributed by atoms with Crippen molar-refractivity contribution in [3.8, 4) is 0 Å². The zero-order chi connectivity index (χ0) is 5.54. The van der Waals surface area contributed by atoms with Gasteiger partial charge in [0.1, 0.15) is 0 Å². The first-order chi connectivity index (χ1) is 3.41. The molecule has 12 heavy (non-hydrogen) atoms. The minimum atomic E-state index is 0. The SMILES string of the molecule is B.CCCCCCN.F.F.F.F. The lowest BCUT2D eigenvalue weighted by Gasteiger charge is -1.90. The lowest BCUT2D eigenvalue weighted by atomic mass is 10.2. The molecule has 1 nitrogen and oxygen atoms in total. The van der Waals surface area contributed by atoms with Crippen LogP contribution in [0.25, 0.3) is 0 Å². The van der Waals surface area contributed by atoms with Crippen molar-refractivity contribution in [2.24, 2.45) is 5.73 Å². The minimum absolute atomic E-state index is 0. The zero-order valence-corrected chi connectivity index (χ0v) is 6.75. The van der Waals surface area contributed by atoms with Crippen LogP contribution in [-0.4, -0.2) is 15.0 Å². The van der Waals surface area contributed by atoms with Crippen molar-refractivity contribution in [2.45, 2.75) is 32.6 Å². The largest absolute Gasteiger partial charge is 0.330 e. The topological polar surface area (TPSA) is 26.0 Å².